The zero-order valence-electron chi connectivity index (χ0n) is 15.6. The molecule has 3 N–H and O–H groups in total. The van der Waals surface area contributed by atoms with Gasteiger partial charge in [0.05, 0.1) is 4.90 Å². The number of aromatic nitrogens is 1. The zero-order valence-corrected chi connectivity index (χ0v) is 17.9. The van der Waals surface area contributed by atoms with E-state index in [-0.39, 0.29) is 11.4 Å². The molecule has 0 aliphatic carbocycles. The van der Waals surface area contributed by atoms with Gasteiger partial charge in [0, 0.05) is 41.2 Å². The van der Waals surface area contributed by atoms with Crippen molar-refractivity contribution < 1.29 is 13.2 Å². The highest BCUT2D eigenvalue weighted by Crippen LogP contribution is 2.21. The van der Waals surface area contributed by atoms with E-state index in [0.29, 0.717) is 27.8 Å². The number of hydrogen-bond donors (Lipinski definition) is 3. The Balaban J connectivity index is 1.57. The second-order valence-corrected chi connectivity index (χ2v) is 8.86. The number of urea groups is 1. The van der Waals surface area contributed by atoms with Crippen LogP contribution >= 0.6 is 23.2 Å². The van der Waals surface area contributed by atoms with Crippen molar-refractivity contribution in [2.24, 2.45) is 0 Å². The van der Waals surface area contributed by atoms with E-state index in [1.54, 1.807) is 42.7 Å². The Morgan fingerprint density at radius 2 is 1.63 bits per heavy atom. The highest BCUT2D eigenvalue weighted by atomic mass is 35.5. The highest BCUT2D eigenvalue weighted by molar-refractivity contribution is 7.89. The van der Waals surface area contributed by atoms with E-state index in [4.69, 9.17) is 23.2 Å². The van der Waals surface area contributed by atoms with Crippen LogP contribution < -0.4 is 15.4 Å². The molecule has 7 nitrogen and oxygen atoms in total. The summed E-state index contributed by atoms with van der Waals surface area (Å²) < 4.78 is 27.5. The van der Waals surface area contributed by atoms with Crippen LogP contribution in [0.15, 0.2) is 71.9 Å². The minimum Gasteiger partial charge on any atom is -0.334 e. The SMILES string of the molecule is O=C(NCc1ccncc1)Nc1ccc(S(=O)(=O)NCc2cc(Cl)ccc2Cl)cc1. The summed E-state index contributed by atoms with van der Waals surface area (Å²) in [6, 6.07) is 13.8. The number of hydrogen-bond acceptors (Lipinski definition) is 4. The lowest BCUT2D eigenvalue weighted by molar-refractivity contribution is 0.251. The summed E-state index contributed by atoms with van der Waals surface area (Å²) in [5.41, 5.74) is 1.93. The maximum Gasteiger partial charge on any atom is 0.319 e. The lowest BCUT2D eigenvalue weighted by atomic mass is 10.2. The van der Waals surface area contributed by atoms with Crippen LogP contribution in [0.1, 0.15) is 11.1 Å². The average Bonchev–Trinajstić information content (AvgIpc) is 2.74. The Labute approximate surface area is 184 Å². The van der Waals surface area contributed by atoms with Crippen LogP contribution in [0.2, 0.25) is 10.0 Å². The number of carbonyl (C=O) groups is 1. The molecular formula is C20H18Cl2N4O3S. The average molecular weight is 465 g/mol. The minimum absolute atomic E-state index is 0.000853. The first kappa shape index (κ1) is 22.0. The van der Waals surface area contributed by atoms with Gasteiger partial charge >= 0.3 is 6.03 Å². The second-order valence-electron chi connectivity index (χ2n) is 6.25. The molecule has 0 bridgehead atoms. The first-order chi connectivity index (χ1) is 14.3. The Bertz CT molecular complexity index is 1120. The standard InChI is InChI=1S/C20H18Cl2N4O3S/c21-16-1-6-19(22)15(11-16)13-25-30(28,29)18-4-2-17(3-5-18)26-20(27)24-12-14-7-9-23-10-8-14/h1-11,25H,12-13H2,(H2,24,26,27). The number of rotatable bonds is 7. The number of anilines is 1. The Kier molecular flexibility index (Phi) is 7.28. The molecule has 0 saturated heterocycles. The molecule has 156 valence electrons. The van der Waals surface area contributed by atoms with Crippen molar-refractivity contribution in [3.63, 3.8) is 0 Å². The first-order valence-corrected chi connectivity index (χ1v) is 11.0. The van der Waals surface area contributed by atoms with E-state index in [9.17, 15) is 13.2 Å². The molecule has 0 fully saturated rings. The summed E-state index contributed by atoms with van der Waals surface area (Å²) in [4.78, 5) is 16.0. The van der Waals surface area contributed by atoms with Gasteiger partial charge in [-0.1, -0.05) is 23.2 Å². The number of nitrogens with one attached hydrogen (secondary N) is 3. The van der Waals surface area contributed by atoms with Crippen LogP contribution in [0, 0.1) is 0 Å². The fourth-order valence-electron chi connectivity index (χ4n) is 2.51. The van der Waals surface area contributed by atoms with Gasteiger partial charge in [-0.2, -0.15) is 0 Å². The molecule has 0 saturated carbocycles. The number of nitrogens with zero attached hydrogens (tertiary/aromatic N) is 1. The van der Waals surface area contributed by atoms with Crippen LogP contribution in [-0.4, -0.2) is 19.4 Å². The fraction of sp³-hybridized carbons (Fsp3) is 0.100. The second kappa shape index (κ2) is 9.90. The van der Waals surface area contributed by atoms with Crippen LogP contribution in [0.25, 0.3) is 0 Å². The molecule has 0 atom stereocenters. The third-order valence-electron chi connectivity index (χ3n) is 4.09. The van der Waals surface area contributed by atoms with E-state index in [1.165, 1.54) is 24.3 Å². The molecule has 0 unspecified atom stereocenters. The predicted molar refractivity (Wildman–Crippen MR) is 117 cm³/mol. The van der Waals surface area contributed by atoms with Crippen molar-refractivity contribution in [1.29, 1.82) is 0 Å². The maximum atomic E-state index is 12.5. The minimum atomic E-state index is -3.77. The van der Waals surface area contributed by atoms with Crippen LogP contribution in [0.3, 0.4) is 0 Å². The third kappa shape index (κ3) is 6.17. The summed E-state index contributed by atoms with van der Waals surface area (Å²) in [6.45, 7) is 0.343. The summed E-state index contributed by atoms with van der Waals surface area (Å²) in [5, 5.41) is 6.24. The number of carbonyl (C=O) groups excluding carboxylic acids is 1. The molecular weight excluding hydrogens is 447 g/mol. The quantitative estimate of drug-likeness (QED) is 0.487. The van der Waals surface area contributed by atoms with Crippen molar-refractivity contribution in [3.8, 4) is 0 Å². The lowest BCUT2D eigenvalue weighted by Crippen LogP contribution is -2.28. The highest BCUT2D eigenvalue weighted by Gasteiger charge is 2.15. The lowest BCUT2D eigenvalue weighted by Gasteiger charge is -2.10. The summed E-state index contributed by atoms with van der Waals surface area (Å²) in [5.74, 6) is 0. The first-order valence-electron chi connectivity index (χ1n) is 8.81. The molecule has 2 aromatic carbocycles. The van der Waals surface area contributed by atoms with Crippen molar-refractivity contribution >= 4 is 44.9 Å². The molecule has 1 aromatic heterocycles. The molecule has 1 heterocycles. The van der Waals surface area contributed by atoms with Gasteiger partial charge in [-0.05, 0) is 65.7 Å². The molecule has 0 aliphatic rings. The van der Waals surface area contributed by atoms with Gasteiger partial charge in [-0.25, -0.2) is 17.9 Å². The molecule has 0 aliphatic heterocycles. The Morgan fingerprint density at radius 3 is 2.33 bits per heavy atom. The van der Waals surface area contributed by atoms with Gasteiger partial charge in [0.15, 0.2) is 0 Å². The molecule has 0 spiro atoms. The van der Waals surface area contributed by atoms with Crippen molar-refractivity contribution in [1.82, 2.24) is 15.0 Å². The largest absolute Gasteiger partial charge is 0.334 e. The molecule has 0 radical (unpaired) electrons. The van der Waals surface area contributed by atoms with E-state index < -0.39 is 16.1 Å². The maximum absolute atomic E-state index is 12.5. The van der Waals surface area contributed by atoms with Gasteiger partial charge in [-0.15, -0.1) is 0 Å². The van der Waals surface area contributed by atoms with E-state index in [1.807, 2.05) is 0 Å². The smallest absolute Gasteiger partial charge is 0.319 e. The van der Waals surface area contributed by atoms with Crippen molar-refractivity contribution in [2.45, 2.75) is 18.0 Å². The van der Waals surface area contributed by atoms with Gasteiger partial charge in [0.2, 0.25) is 10.0 Å². The van der Waals surface area contributed by atoms with E-state index >= 15 is 0 Å². The molecule has 10 heteroatoms. The van der Waals surface area contributed by atoms with Crippen molar-refractivity contribution in [3.05, 3.63) is 88.2 Å². The molecule has 30 heavy (non-hydrogen) atoms. The predicted octanol–water partition coefficient (Wildman–Crippen LogP) is 4.19. The van der Waals surface area contributed by atoms with E-state index in [2.05, 4.69) is 20.3 Å². The van der Waals surface area contributed by atoms with Crippen LogP contribution in [0.5, 0.6) is 0 Å². The third-order valence-corrected chi connectivity index (χ3v) is 6.11. The number of amides is 2. The Hall–Kier alpha value is -2.65. The molecule has 3 rings (SSSR count). The fourth-order valence-corrected chi connectivity index (χ4v) is 3.90. The van der Waals surface area contributed by atoms with Gasteiger partial charge in [0.25, 0.3) is 0 Å². The van der Waals surface area contributed by atoms with Crippen LogP contribution in [0.4, 0.5) is 10.5 Å². The van der Waals surface area contributed by atoms with E-state index in [0.717, 1.165) is 5.56 Å². The monoisotopic (exact) mass is 464 g/mol. The number of pyridine rings is 1. The summed E-state index contributed by atoms with van der Waals surface area (Å²) in [6.07, 6.45) is 3.28. The zero-order chi connectivity index (χ0) is 21.6. The number of benzene rings is 2. The summed E-state index contributed by atoms with van der Waals surface area (Å²) >= 11 is 12.0. The normalized spacial score (nSPS) is 11.1. The van der Waals surface area contributed by atoms with Gasteiger partial charge in [-0.3, -0.25) is 4.98 Å². The van der Waals surface area contributed by atoms with Gasteiger partial charge in [0.1, 0.15) is 0 Å². The molecule has 3 aromatic rings. The number of halogens is 2. The Morgan fingerprint density at radius 1 is 0.933 bits per heavy atom. The van der Waals surface area contributed by atoms with Crippen LogP contribution in [-0.2, 0) is 23.1 Å². The van der Waals surface area contributed by atoms with Crippen molar-refractivity contribution in [2.75, 3.05) is 5.32 Å². The number of sulfonamides is 1. The van der Waals surface area contributed by atoms with Gasteiger partial charge < -0.3 is 10.6 Å². The molecule has 2 amide bonds. The topological polar surface area (TPSA) is 100 Å². The summed E-state index contributed by atoms with van der Waals surface area (Å²) in [7, 11) is -3.77.